The molecule has 24 heavy (non-hydrogen) atoms. The van der Waals surface area contributed by atoms with Crippen molar-refractivity contribution in [3.63, 3.8) is 0 Å². The lowest BCUT2D eigenvalue weighted by atomic mass is 10.0. The summed E-state index contributed by atoms with van der Waals surface area (Å²) in [6, 6.07) is 4.81. The highest BCUT2D eigenvalue weighted by molar-refractivity contribution is 7.19. The van der Waals surface area contributed by atoms with Crippen LogP contribution in [0.2, 0.25) is 4.34 Å². The van der Waals surface area contributed by atoms with Gasteiger partial charge >= 0.3 is 0 Å². The Bertz CT molecular complexity index is 680. The normalized spacial score (nSPS) is 24.5. The molecule has 1 N–H and O–H groups in total. The lowest BCUT2D eigenvalue weighted by Gasteiger charge is -2.43. The molecule has 1 atom stereocenters. The molecule has 130 valence electrons. The van der Waals surface area contributed by atoms with Crippen LogP contribution in [0.25, 0.3) is 10.6 Å². The number of piperidine rings is 1. The van der Waals surface area contributed by atoms with E-state index in [0.29, 0.717) is 12.6 Å². The number of aromatic nitrogens is 2. The molecule has 2 aliphatic heterocycles. The highest BCUT2D eigenvalue weighted by Gasteiger charge is 2.33. The Kier molecular flexibility index (Phi) is 4.92. The molecule has 0 amide bonds. The maximum absolute atomic E-state index is 6.05. The number of rotatable bonds is 3. The fraction of sp³-hybridized carbons (Fsp3) is 0.588. The summed E-state index contributed by atoms with van der Waals surface area (Å²) in [5, 5.41) is 0. The van der Waals surface area contributed by atoms with Gasteiger partial charge in [-0.15, -0.1) is 11.3 Å². The number of H-pyrrole nitrogens is 1. The minimum atomic E-state index is 0.219. The number of thiophene rings is 1. The second kappa shape index (κ2) is 7.14. The Labute approximate surface area is 151 Å². The van der Waals surface area contributed by atoms with Crippen molar-refractivity contribution in [2.75, 3.05) is 39.9 Å². The lowest BCUT2D eigenvalue weighted by Crippen LogP contribution is -2.50. The average molecular weight is 367 g/mol. The predicted molar refractivity (Wildman–Crippen MR) is 97.7 cm³/mol. The van der Waals surface area contributed by atoms with Crippen molar-refractivity contribution in [1.82, 2.24) is 19.8 Å². The van der Waals surface area contributed by atoms with Gasteiger partial charge in [0.15, 0.2) is 0 Å². The van der Waals surface area contributed by atoms with E-state index in [4.69, 9.17) is 16.3 Å². The van der Waals surface area contributed by atoms with E-state index in [1.165, 1.54) is 25.9 Å². The molecule has 0 bridgehead atoms. The molecule has 2 aliphatic rings. The van der Waals surface area contributed by atoms with Crippen molar-refractivity contribution in [3.05, 3.63) is 28.5 Å². The first-order chi connectivity index (χ1) is 11.7. The zero-order valence-corrected chi connectivity index (χ0v) is 15.4. The van der Waals surface area contributed by atoms with Crippen molar-refractivity contribution < 1.29 is 4.74 Å². The molecule has 4 heterocycles. The van der Waals surface area contributed by atoms with Gasteiger partial charge in [0, 0.05) is 12.6 Å². The molecule has 0 saturated carbocycles. The number of aromatic amines is 1. The fourth-order valence-corrected chi connectivity index (χ4v) is 4.71. The van der Waals surface area contributed by atoms with E-state index in [9.17, 15) is 0 Å². The number of hydrogen-bond acceptors (Lipinski definition) is 5. The van der Waals surface area contributed by atoms with Crippen LogP contribution in [0.4, 0.5) is 0 Å². The van der Waals surface area contributed by atoms with Crippen LogP contribution >= 0.6 is 22.9 Å². The summed E-state index contributed by atoms with van der Waals surface area (Å²) in [6.45, 7) is 4.86. The number of nitrogens with one attached hydrogen (secondary N) is 1. The van der Waals surface area contributed by atoms with Gasteiger partial charge in [-0.05, 0) is 45.1 Å². The molecule has 0 aromatic carbocycles. The van der Waals surface area contributed by atoms with E-state index < -0.39 is 0 Å². The Morgan fingerprint density at radius 3 is 2.88 bits per heavy atom. The van der Waals surface area contributed by atoms with E-state index >= 15 is 0 Å². The van der Waals surface area contributed by atoms with Crippen LogP contribution in [0.1, 0.15) is 24.7 Å². The topological polar surface area (TPSA) is 44.4 Å². The zero-order valence-electron chi connectivity index (χ0n) is 13.9. The van der Waals surface area contributed by atoms with Crippen LogP contribution in [-0.4, -0.2) is 65.7 Å². The van der Waals surface area contributed by atoms with Gasteiger partial charge in [0.05, 0.1) is 40.4 Å². The van der Waals surface area contributed by atoms with Gasteiger partial charge in [0.2, 0.25) is 0 Å². The molecule has 2 aromatic heterocycles. The molecule has 2 aromatic rings. The molecular weight excluding hydrogens is 344 g/mol. The van der Waals surface area contributed by atoms with Gasteiger partial charge in [-0.2, -0.15) is 0 Å². The SMILES string of the molecule is CN1CCC(N2CCOCC2c2ncc(-c3ccc(Cl)s3)[nH]2)CC1. The van der Waals surface area contributed by atoms with Gasteiger partial charge in [0.1, 0.15) is 5.82 Å². The van der Waals surface area contributed by atoms with Gasteiger partial charge < -0.3 is 14.6 Å². The largest absolute Gasteiger partial charge is 0.378 e. The zero-order chi connectivity index (χ0) is 16.5. The molecule has 2 fully saturated rings. The molecule has 4 rings (SSSR count). The number of hydrogen-bond donors (Lipinski definition) is 1. The Morgan fingerprint density at radius 2 is 2.12 bits per heavy atom. The third-order valence-electron chi connectivity index (χ3n) is 5.08. The molecular formula is C17H23ClN4OS. The van der Waals surface area contributed by atoms with Crippen molar-refractivity contribution in [3.8, 4) is 10.6 Å². The Balaban J connectivity index is 1.53. The van der Waals surface area contributed by atoms with Crippen molar-refractivity contribution in [2.24, 2.45) is 0 Å². The van der Waals surface area contributed by atoms with Crippen molar-refractivity contribution in [1.29, 1.82) is 0 Å². The predicted octanol–water partition coefficient (Wildman–Crippen LogP) is 3.26. The summed E-state index contributed by atoms with van der Waals surface area (Å²) in [6.07, 6.45) is 4.36. The Hall–Kier alpha value is -0.920. The third kappa shape index (κ3) is 3.39. The standard InChI is InChI=1S/C17H23ClN4OS/c1-21-6-4-12(5-7-21)22-8-9-23-11-14(22)17-19-10-13(20-17)15-2-3-16(18)24-15/h2-3,10,12,14H,4-9,11H2,1H3,(H,19,20). The van der Waals surface area contributed by atoms with Crippen LogP contribution < -0.4 is 0 Å². The molecule has 0 spiro atoms. The molecule has 7 heteroatoms. The maximum Gasteiger partial charge on any atom is 0.126 e. The first-order valence-electron chi connectivity index (χ1n) is 8.53. The van der Waals surface area contributed by atoms with Gasteiger partial charge in [-0.1, -0.05) is 11.6 Å². The van der Waals surface area contributed by atoms with E-state index in [1.54, 1.807) is 11.3 Å². The first kappa shape index (κ1) is 16.5. The summed E-state index contributed by atoms with van der Waals surface area (Å²) in [5.41, 5.74) is 1.04. The average Bonchev–Trinajstić information content (AvgIpc) is 3.24. The van der Waals surface area contributed by atoms with Crippen LogP contribution in [0.5, 0.6) is 0 Å². The highest BCUT2D eigenvalue weighted by Crippen LogP contribution is 2.33. The molecule has 1 unspecified atom stereocenters. The first-order valence-corrected chi connectivity index (χ1v) is 9.73. The van der Waals surface area contributed by atoms with E-state index in [1.807, 2.05) is 18.3 Å². The third-order valence-corrected chi connectivity index (χ3v) is 6.34. The van der Waals surface area contributed by atoms with Crippen LogP contribution in [0.15, 0.2) is 18.3 Å². The smallest absolute Gasteiger partial charge is 0.126 e. The highest BCUT2D eigenvalue weighted by atomic mass is 35.5. The number of nitrogens with zero attached hydrogens (tertiary/aromatic N) is 3. The molecule has 0 aliphatic carbocycles. The summed E-state index contributed by atoms with van der Waals surface area (Å²) in [4.78, 5) is 14.3. The van der Waals surface area contributed by atoms with Crippen LogP contribution in [-0.2, 0) is 4.74 Å². The quantitative estimate of drug-likeness (QED) is 0.905. The summed E-state index contributed by atoms with van der Waals surface area (Å²) in [5.74, 6) is 1.01. The molecule has 5 nitrogen and oxygen atoms in total. The van der Waals surface area contributed by atoms with E-state index in [2.05, 4.69) is 26.8 Å². The Morgan fingerprint density at radius 1 is 1.29 bits per heavy atom. The minimum Gasteiger partial charge on any atom is -0.378 e. The van der Waals surface area contributed by atoms with Gasteiger partial charge in [0.25, 0.3) is 0 Å². The van der Waals surface area contributed by atoms with Crippen LogP contribution in [0.3, 0.4) is 0 Å². The summed E-state index contributed by atoms with van der Waals surface area (Å²) >= 11 is 7.63. The van der Waals surface area contributed by atoms with Gasteiger partial charge in [-0.25, -0.2) is 4.98 Å². The van der Waals surface area contributed by atoms with Crippen molar-refractivity contribution in [2.45, 2.75) is 24.9 Å². The van der Waals surface area contributed by atoms with E-state index in [0.717, 1.165) is 33.9 Å². The minimum absolute atomic E-state index is 0.219. The summed E-state index contributed by atoms with van der Waals surface area (Å²) in [7, 11) is 2.21. The number of ether oxygens (including phenoxy) is 1. The van der Waals surface area contributed by atoms with Crippen molar-refractivity contribution >= 4 is 22.9 Å². The second-order valence-electron chi connectivity index (χ2n) is 6.65. The summed E-state index contributed by atoms with van der Waals surface area (Å²) < 4.78 is 6.57. The maximum atomic E-state index is 6.05. The van der Waals surface area contributed by atoms with Crippen LogP contribution in [0, 0.1) is 0 Å². The molecule has 2 saturated heterocycles. The molecule has 0 radical (unpaired) electrons. The number of likely N-dealkylation sites (tertiary alicyclic amines) is 1. The second-order valence-corrected chi connectivity index (χ2v) is 8.36. The number of morpholine rings is 1. The van der Waals surface area contributed by atoms with Gasteiger partial charge in [-0.3, -0.25) is 4.90 Å². The monoisotopic (exact) mass is 366 g/mol. The number of imidazole rings is 1. The fourth-order valence-electron chi connectivity index (χ4n) is 3.71. The number of halogens is 1. The van der Waals surface area contributed by atoms with E-state index in [-0.39, 0.29) is 6.04 Å². The lowest BCUT2D eigenvalue weighted by molar-refractivity contribution is -0.0441.